The first-order chi connectivity index (χ1) is 13.7. The second-order valence-corrected chi connectivity index (χ2v) is 8.19. The molecule has 0 bridgehead atoms. The molecule has 1 saturated heterocycles. The molecule has 3 aliphatic heterocycles. The molecule has 5 rings (SSSR count). The average molecular weight is 378 g/mol. The summed E-state index contributed by atoms with van der Waals surface area (Å²) >= 11 is 0. The molecule has 2 atom stereocenters. The van der Waals surface area contributed by atoms with Gasteiger partial charge < -0.3 is 14.8 Å². The highest BCUT2D eigenvalue weighted by atomic mass is 16.5. The normalized spacial score (nSPS) is 23.0. The van der Waals surface area contributed by atoms with Crippen LogP contribution in [0.2, 0.25) is 0 Å². The van der Waals surface area contributed by atoms with Gasteiger partial charge in [0.15, 0.2) is 0 Å². The van der Waals surface area contributed by atoms with Crippen molar-refractivity contribution in [1.29, 1.82) is 0 Å². The van der Waals surface area contributed by atoms with Gasteiger partial charge >= 0.3 is 6.03 Å². The van der Waals surface area contributed by atoms with Crippen LogP contribution in [0.5, 0.6) is 5.75 Å². The minimum atomic E-state index is -0.0207. The molecule has 0 unspecified atom stereocenters. The SMILES string of the molecule is C[C@@H](NC(=O)N1CC2(CCOCC2)c2ccccc21)[C@H]1COc2ccccc21. The maximum atomic E-state index is 13.3. The van der Waals surface area contributed by atoms with E-state index in [4.69, 9.17) is 9.47 Å². The quantitative estimate of drug-likeness (QED) is 0.864. The number of benzene rings is 2. The van der Waals surface area contributed by atoms with Crippen molar-refractivity contribution in [3.8, 4) is 5.75 Å². The summed E-state index contributed by atoms with van der Waals surface area (Å²) < 4.78 is 11.4. The highest BCUT2D eigenvalue weighted by Gasteiger charge is 2.45. The van der Waals surface area contributed by atoms with Crippen LogP contribution in [0.1, 0.15) is 36.8 Å². The molecule has 1 N–H and O–H groups in total. The number of nitrogens with zero attached hydrogens (tertiary/aromatic N) is 1. The Labute approximate surface area is 165 Å². The third kappa shape index (κ3) is 2.76. The Morgan fingerprint density at radius 1 is 1.14 bits per heavy atom. The number of hydrogen-bond acceptors (Lipinski definition) is 3. The van der Waals surface area contributed by atoms with E-state index in [1.807, 2.05) is 29.2 Å². The van der Waals surface area contributed by atoms with E-state index < -0.39 is 0 Å². The van der Waals surface area contributed by atoms with E-state index in [1.54, 1.807) is 0 Å². The lowest BCUT2D eigenvalue weighted by Gasteiger charge is -2.34. The fourth-order valence-corrected chi connectivity index (χ4v) is 4.98. The van der Waals surface area contributed by atoms with Gasteiger partial charge in [0.25, 0.3) is 0 Å². The number of ether oxygens (including phenoxy) is 2. The summed E-state index contributed by atoms with van der Waals surface area (Å²) in [6, 6.07) is 16.4. The molecule has 3 heterocycles. The maximum absolute atomic E-state index is 13.3. The Morgan fingerprint density at radius 2 is 1.89 bits per heavy atom. The van der Waals surface area contributed by atoms with Crippen LogP contribution >= 0.6 is 0 Å². The van der Waals surface area contributed by atoms with E-state index in [2.05, 4.69) is 36.5 Å². The van der Waals surface area contributed by atoms with Crippen LogP contribution in [0.3, 0.4) is 0 Å². The fraction of sp³-hybridized carbons (Fsp3) is 0.435. The Kier molecular flexibility index (Phi) is 4.27. The number of nitrogens with one attached hydrogen (secondary N) is 1. The van der Waals surface area contributed by atoms with Gasteiger partial charge in [0.1, 0.15) is 5.75 Å². The molecular weight excluding hydrogens is 352 g/mol. The summed E-state index contributed by atoms with van der Waals surface area (Å²) in [5.74, 6) is 1.11. The number of carbonyl (C=O) groups excluding carboxylic acids is 1. The zero-order valence-corrected chi connectivity index (χ0v) is 16.2. The first kappa shape index (κ1) is 17.6. The number of urea groups is 1. The molecule has 0 radical (unpaired) electrons. The number of carbonyl (C=O) groups is 1. The summed E-state index contributed by atoms with van der Waals surface area (Å²) in [4.78, 5) is 15.2. The summed E-state index contributed by atoms with van der Waals surface area (Å²) in [5, 5.41) is 3.24. The van der Waals surface area contributed by atoms with E-state index in [1.165, 1.54) is 11.1 Å². The molecule has 1 spiro atoms. The van der Waals surface area contributed by atoms with Crippen LogP contribution in [0.25, 0.3) is 0 Å². The highest BCUT2D eigenvalue weighted by molar-refractivity contribution is 5.95. The highest BCUT2D eigenvalue weighted by Crippen LogP contribution is 2.46. The molecule has 0 aromatic heterocycles. The van der Waals surface area contributed by atoms with Crippen molar-refractivity contribution in [2.45, 2.75) is 37.1 Å². The molecule has 0 aliphatic carbocycles. The predicted octanol–water partition coefficient (Wildman–Crippen LogP) is 3.83. The number of para-hydroxylation sites is 2. The molecule has 5 heteroatoms. The van der Waals surface area contributed by atoms with Gasteiger partial charge in [-0.2, -0.15) is 0 Å². The standard InChI is InChI=1S/C23H26N2O3/c1-16(18-14-28-21-9-5-2-6-17(18)21)24-22(26)25-15-23(10-12-27-13-11-23)19-7-3-4-8-20(19)25/h2-9,16,18H,10-15H2,1H3,(H,24,26)/t16-,18-/m1/s1. The van der Waals surface area contributed by atoms with E-state index in [0.29, 0.717) is 6.61 Å². The fourth-order valence-electron chi connectivity index (χ4n) is 4.98. The molecule has 1 fully saturated rings. The van der Waals surface area contributed by atoms with Gasteiger partial charge in [-0.25, -0.2) is 4.79 Å². The maximum Gasteiger partial charge on any atom is 0.322 e. The first-order valence-corrected chi connectivity index (χ1v) is 10.1. The molecule has 2 aromatic rings. The van der Waals surface area contributed by atoms with Gasteiger partial charge in [-0.05, 0) is 37.5 Å². The van der Waals surface area contributed by atoms with Crippen molar-refractivity contribution >= 4 is 11.7 Å². The van der Waals surface area contributed by atoms with Gasteiger partial charge in [0.2, 0.25) is 0 Å². The number of fused-ring (bicyclic) bond motifs is 3. The van der Waals surface area contributed by atoms with Crippen molar-refractivity contribution in [2.75, 3.05) is 31.3 Å². The molecule has 146 valence electrons. The molecule has 5 nitrogen and oxygen atoms in total. The lowest BCUT2D eigenvalue weighted by atomic mass is 9.76. The van der Waals surface area contributed by atoms with Crippen LogP contribution in [0.15, 0.2) is 48.5 Å². The van der Waals surface area contributed by atoms with Crippen LogP contribution < -0.4 is 15.0 Å². The molecule has 28 heavy (non-hydrogen) atoms. The average Bonchev–Trinajstić information content (AvgIpc) is 3.29. The van der Waals surface area contributed by atoms with Crippen LogP contribution in [0.4, 0.5) is 10.5 Å². The summed E-state index contributed by atoms with van der Waals surface area (Å²) in [7, 11) is 0. The minimum absolute atomic E-state index is 0.00504. The lowest BCUT2D eigenvalue weighted by Crippen LogP contribution is -2.48. The van der Waals surface area contributed by atoms with E-state index in [-0.39, 0.29) is 23.4 Å². The second-order valence-electron chi connectivity index (χ2n) is 8.19. The zero-order chi connectivity index (χ0) is 19.1. The van der Waals surface area contributed by atoms with Crippen molar-refractivity contribution in [3.63, 3.8) is 0 Å². The molecular formula is C23H26N2O3. The largest absolute Gasteiger partial charge is 0.493 e. The molecule has 3 aliphatic rings. The Hall–Kier alpha value is -2.53. The van der Waals surface area contributed by atoms with E-state index >= 15 is 0 Å². The smallest absolute Gasteiger partial charge is 0.322 e. The third-order valence-electron chi connectivity index (χ3n) is 6.61. The van der Waals surface area contributed by atoms with Crippen molar-refractivity contribution < 1.29 is 14.3 Å². The number of amides is 2. The molecule has 2 aromatic carbocycles. The van der Waals surface area contributed by atoms with Crippen molar-refractivity contribution in [3.05, 3.63) is 59.7 Å². The Bertz CT molecular complexity index is 891. The summed E-state index contributed by atoms with van der Waals surface area (Å²) in [6.45, 7) is 4.93. The summed E-state index contributed by atoms with van der Waals surface area (Å²) in [5.41, 5.74) is 3.53. The Balaban J connectivity index is 1.36. The van der Waals surface area contributed by atoms with Gasteiger partial charge in [-0.1, -0.05) is 36.4 Å². The monoisotopic (exact) mass is 378 g/mol. The van der Waals surface area contributed by atoms with Gasteiger partial charge in [-0.15, -0.1) is 0 Å². The Morgan fingerprint density at radius 3 is 2.75 bits per heavy atom. The van der Waals surface area contributed by atoms with Crippen LogP contribution in [-0.4, -0.2) is 38.4 Å². The number of hydrogen-bond donors (Lipinski definition) is 1. The third-order valence-corrected chi connectivity index (χ3v) is 6.61. The van der Waals surface area contributed by atoms with Gasteiger partial charge in [-0.3, -0.25) is 4.90 Å². The van der Waals surface area contributed by atoms with E-state index in [0.717, 1.165) is 44.0 Å². The van der Waals surface area contributed by atoms with E-state index in [9.17, 15) is 4.79 Å². The van der Waals surface area contributed by atoms with Crippen molar-refractivity contribution in [1.82, 2.24) is 5.32 Å². The molecule has 0 saturated carbocycles. The predicted molar refractivity (Wildman–Crippen MR) is 108 cm³/mol. The topological polar surface area (TPSA) is 50.8 Å². The van der Waals surface area contributed by atoms with Crippen LogP contribution in [-0.2, 0) is 10.2 Å². The minimum Gasteiger partial charge on any atom is -0.493 e. The van der Waals surface area contributed by atoms with Crippen molar-refractivity contribution in [2.24, 2.45) is 0 Å². The summed E-state index contributed by atoms with van der Waals surface area (Å²) in [6.07, 6.45) is 1.93. The van der Waals surface area contributed by atoms with Crippen LogP contribution in [0, 0.1) is 0 Å². The second kappa shape index (κ2) is 6.82. The van der Waals surface area contributed by atoms with Gasteiger partial charge in [0, 0.05) is 48.4 Å². The lowest BCUT2D eigenvalue weighted by molar-refractivity contribution is 0.0556. The zero-order valence-electron chi connectivity index (χ0n) is 16.2. The first-order valence-electron chi connectivity index (χ1n) is 10.1. The molecule has 2 amide bonds. The van der Waals surface area contributed by atoms with Gasteiger partial charge in [0.05, 0.1) is 6.61 Å². The number of anilines is 1. The number of rotatable bonds is 2.